The van der Waals surface area contributed by atoms with E-state index in [1.807, 2.05) is 0 Å². The molecule has 1 spiro atoms. The largest absolute Gasteiger partial charge is 0.310 e. The molecule has 0 aromatic heterocycles. The molecule has 1 heteroatoms. The fourth-order valence-corrected chi connectivity index (χ4v) is 12.2. The van der Waals surface area contributed by atoms with Crippen LogP contribution in [0.2, 0.25) is 0 Å². The Labute approximate surface area is 376 Å². The molecule has 9 aromatic carbocycles. The molecule has 13 rings (SSSR count). The lowest BCUT2D eigenvalue weighted by Crippen LogP contribution is -2.40. The van der Waals surface area contributed by atoms with Gasteiger partial charge in [-0.3, -0.25) is 0 Å². The second-order valence-electron chi connectivity index (χ2n) is 18.0. The van der Waals surface area contributed by atoms with Crippen LogP contribution < -0.4 is 4.90 Å². The van der Waals surface area contributed by atoms with E-state index in [0.29, 0.717) is 5.92 Å². The van der Waals surface area contributed by atoms with Crippen LogP contribution >= 0.6 is 0 Å². The van der Waals surface area contributed by atoms with Gasteiger partial charge in [0.05, 0.1) is 22.2 Å². The molecule has 0 saturated carbocycles. The fourth-order valence-electron chi connectivity index (χ4n) is 12.2. The first kappa shape index (κ1) is 36.9. The summed E-state index contributed by atoms with van der Waals surface area (Å²) < 4.78 is 0. The standard InChI is InChI=1S/C63H45N/c1-42-19-11-15-29-53(42)62(47-24-9-4-10-25-47)58-39-45(43-20-5-2-6-21-43)33-37-60(58)64(61-38-34-46(40-59(61)62)44-22-7-3-8-23-44)48-35-36-52-51-28-14-18-32-56(51)63(57(52)41-48)54-30-16-12-26-49(54)50-27-13-17-31-55(50)63/h2-18,20-42H,19H2,1H3. The molecule has 0 amide bonds. The molecule has 302 valence electrons. The highest BCUT2D eigenvalue weighted by molar-refractivity contribution is 5.98. The summed E-state index contributed by atoms with van der Waals surface area (Å²) in [6, 6.07) is 82.4. The predicted molar refractivity (Wildman–Crippen MR) is 266 cm³/mol. The summed E-state index contributed by atoms with van der Waals surface area (Å²) in [5.74, 6) is 0.305. The third kappa shape index (κ3) is 5.01. The van der Waals surface area contributed by atoms with Crippen molar-refractivity contribution < 1.29 is 0 Å². The second kappa shape index (κ2) is 14.1. The molecule has 0 fully saturated rings. The summed E-state index contributed by atoms with van der Waals surface area (Å²) in [6.07, 6.45) is 8.05. The van der Waals surface area contributed by atoms with E-state index in [0.717, 1.165) is 12.1 Å². The molecule has 9 aromatic rings. The van der Waals surface area contributed by atoms with E-state index >= 15 is 0 Å². The number of nitrogens with zero attached hydrogens (tertiary/aromatic N) is 1. The molecule has 1 unspecified atom stereocenters. The van der Waals surface area contributed by atoms with Crippen LogP contribution in [0.25, 0.3) is 44.5 Å². The van der Waals surface area contributed by atoms with E-state index in [1.165, 1.54) is 100 Å². The van der Waals surface area contributed by atoms with E-state index in [2.05, 4.69) is 248 Å². The van der Waals surface area contributed by atoms with Crippen molar-refractivity contribution in [2.24, 2.45) is 5.92 Å². The van der Waals surface area contributed by atoms with Crippen LogP contribution in [0, 0.1) is 5.92 Å². The van der Waals surface area contributed by atoms with Gasteiger partial charge in [0, 0.05) is 5.69 Å². The molecule has 1 heterocycles. The number of benzene rings is 9. The Morgan fingerprint density at radius 2 is 0.859 bits per heavy atom. The second-order valence-corrected chi connectivity index (χ2v) is 18.0. The third-order valence-electron chi connectivity index (χ3n) is 14.8. The highest BCUT2D eigenvalue weighted by Gasteiger charge is 2.53. The summed E-state index contributed by atoms with van der Waals surface area (Å²) in [4.78, 5) is 2.59. The number of hydrogen-bond acceptors (Lipinski definition) is 1. The van der Waals surface area contributed by atoms with Crippen LogP contribution in [0.5, 0.6) is 0 Å². The van der Waals surface area contributed by atoms with Gasteiger partial charge in [0.1, 0.15) is 0 Å². The number of allylic oxidation sites excluding steroid dienone is 4. The average molecular weight is 816 g/mol. The van der Waals surface area contributed by atoms with Crippen LogP contribution in [0.4, 0.5) is 17.1 Å². The molecular weight excluding hydrogens is 771 g/mol. The highest BCUT2D eigenvalue weighted by Crippen LogP contribution is 2.65. The third-order valence-corrected chi connectivity index (χ3v) is 14.8. The van der Waals surface area contributed by atoms with Gasteiger partial charge >= 0.3 is 0 Å². The zero-order valence-electron chi connectivity index (χ0n) is 35.7. The molecule has 3 aliphatic carbocycles. The highest BCUT2D eigenvalue weighted by atomic mass is 15.2. The minimum absolute atomic E-state index is 0.305. The maximum absolute atomic E-state index is 2.59. The van der Waals surface area contributed by atoms with Crippen molar-refractivity contribution >= 4 is 17.1 Å². The first-order valence-corrected chi connectivity index (χ1v) is 22.7. The van der Waals surface area contributed by atoms with Gasteiger partial charge in [-0.05, 0) is 138 Å². The number of hydrogen-bond donors (Lipinski definition) is 0. The van der Waals surface area contributed by atoms with Gasteiger partial charge < -0.3 is 4.90 Å². The van der Waals surface area contributed by atoms with E-state index in [9.17, 15) is 0 Å². The van der Waals surface area contributed by atoms with Gasteiger partial charge in [-0.25, -0.2) is 0 Å². The van der Waals surface area contributed by atoms with Crippen molar-refractivity contribution in [3.63, 3.8) is 0 Å². The lowest BCUT2D eigenvalue weighted by Gasteiger charge is -2.49. The van der Waals surface area contributed by atoms with E-state index in [1.54, 1.807) is 0 Å². The fraction of sp³-hybridized carbons (Fsp3) is 0.0794. The zero-order valence-corrected chi connectivity index (χ0v) is 35.7. The average Bonchev–Trinajstić information content (AvgIpc) is 3.83. The van der Waals surface area contributed by atoms with E-state index in [-0.39, 0.29) is 0 Å². The maximum atomic E-state index is 2.59. The lowest BCUT2D eigenvalue weighted by molar-refractivity contribution is 0.565. The molecule has 4 aliphatic rings. The lowest BCUT2D eigenvalue weighted by atomic mass is 9.58. The monoisotopic (exact) mass is 815 g/mol. The minimum Gasteiger partial charge on any atom is -0.310 e. The molecule has 64 heavy (non-hydrogen) atoms. The van der Waals surface area contributed by atoms with Crippen molar-refractivity contribution in [2.75, 3.05) is 4.90 Å². The SMILES string of the molecule is CC1CC=CC=C1C1(c2ccccc2)c2cc(-c3ccccc3)ccc2N(c2ccc3c(c2)C2(c4ccccc4-c4ccccc42)c2ccccc2-3)c2ccc(-c3ccccc3)cc21. The van der Waals surface area contributed by atoms with Crippen molar-refractivity contribution in [1.29, 1.82) is 0 Å². The molecule has 0 bridgehead atoms. The Bertz CT molecular complexity index is 3220. The van der Waals surface area contributed by atoms with Gasteiger partial charge in [0.25, 0.3) is 0 Å². The zero-order chi connectivity index (χ0) is 42.4. The molecule has 0 saturated heterocycles. The summed E-state index contributed by atoms with van der Waals surface area (Å²) in [7, 11) is 0. The summed E-state index contributed by atoms with van der Waals surface area (Å²) in [6.45, 7) is 2.42. The molecule has 1 nitrogen and oxygen atoms in total. The van der Waals surface area contributed by atoms with Crippen LogP contribution in [0.15, 0.2) is 242 Å². The first-order valence-electron chi connectivity index (χ1n) is 22.7. The Hall–Kier alpha value is -7.74. The number of rotatable bonds is 5. The topological polar surface area (TPSA) is 3.24 Å². The van der Waals surface area contributed by atoms with Crippen LogP contribution in [-0.4, -0.2) is 0 Å². The van der Waals surface area contributed by atoms with Crippen molar-refractivity contribution in [3.05, 3.63) is 281 Å². The first-order chi connectivity index (χ1) is 31.7. The van der Waals surface area contributed by atoms with Gasteiger partial charge in [-0.1, -0.05) is 207 Å². The Kier molecular flexibility index (Phi) is 8.15. The number of anilines is 3. The molecule has 1 atom stereocenters. The molecule has 1 aliphatic heterocycles. The van der Waals surface area contributed by atoms with Crippen molar-refractivity contribution in [3.8, 4) is 44.5 Å². The van der Waals surface area contributed by atoms with Gasteiger partial charge in [-0.2, -0.15) is 0 Å². The van der Waals surface area contributed by atoms with Gasteiger partial charge in [0.15, 0.2) is 0 Å². The van der Waals surface area contributed by atoms with Gasteiger partial charge in [-0.15, -0.1) is 0 Å². The van der Waals surface area contributed by atoms with Crippen molar-refractivity contribution in [1.82, 2.24) is 0 Å². The summed E-state index contributed by atoms with van der Waals surface area (Å²) in [5.41, 5.74) is 23.3. The van der Waals surface area contributed by atoms with Crippen LogP contribution in [-0.2, 0) is 10.8 Å². The Morgan fingerprint density at radius 3 is 1.38 bits per heavy atom. The Morgan fingerprint density at radius 1 is 0.391 bits per heavy atom. The molecule has 0 radical (unpaired) electrons. The molecular formula is C63H45N. The minimum atomic E-state index is -0.598. The van der Waals surface area contributed by atoms with Crippen LogP contribution in [0.3, 0.4) is 0 Å². The normalized spacial score (nSPS) is 16.5. The van der Waals surface area contributed by atoms with E-state index < -0.39 is 10.8 Å². The summed E-state index contributed by atoms with van der Waals surface area (Å²) >= 11 is 0. The quantitative estimate of drug-likeness (QED) is 0.167. The smallest absolute Gasteiger partial charge is 0.0726 e. The predicted octanol–water partition coefficient (Wildman–Crippen LogP) is 16.0. The molecule has 0 N–H and O–H groups in total. The Balaban J connectivity index is 1.15. The number of fused-ring (bicyclic) bond motifs is 12. The van der Waals surface area contributed by atoms with E-state index in [4.69, 9.17) is 0 Å². The van der Waals surface area contributed by atoms with Crippen molar-refractivity contribution in [2.45, 2.75) is 24.2 Å². The summed E-state index contributed by atoms with van der Waals surface area (Å²) in [5, 5.41) is 0. The maximum Gasteiger partial charge on any atom is 0.0726 e. The van der Waals surface area contributed by atoms with Crippen LogP contribution in [0.1, 0.15) is 52.3 Å². The van der Waals surface area contributed by atoms with Gasteiger partial charge in [0.2, 0.25) is 0 Å².